The normalized spacial score (nSPS) is 21.6. The van der Waals surface area contributed by atoms with E-state index in [1.54, 1.807) is 0 Å². The molecule has 16 heavy (non-hydrogen) atoms. The van der Waals surface area contributed by atoms with Gasteiger partial charge in [-0.25, -0.2) is 0 Å². The van der Waals surface area contributed by atoms with Gasteiger partial charge in [-0.1, -0.05) is 28.1 Å². The number of aliphatic hydroxyl groups is 1. The van der Waals surface area contributed by atoms with Crippen molar-refractivity contribution in [3.8, 4) is 0 Å². The molecule has 2 nitrogen and oxygen atoms in total. The quantitative estimate of drug-likeness (QED) is 0.921. The molecular weight excluding hydrogens is 266 g/mol. The maximum Gasteiger partial charge on any atom is 0.0471 e. The third-order valence-electron chi connectivity index (χ3n) is 3.30. The van der Waals surface area contributed by atoms with E-state index >= 15 is 0 Å². The second kappa shape index (κ2) is 5.30. The number of nitrogens with zero attached hydrogens (tertiary/aromatic N) is 1. The molecular formula is C13H18BrNO. The molecule has 1 saturated heterocycles. The maximum absolute atomic E-state index is 8.90. The maximum atomic E-state index is 8.90. The van der Waals surface area contributed by atoms with Crippen molar-refractivity contribution in [2.45, 2.75) is 18.8 Å². The summed E-state index contributed by atoms with van der Waals surface area (Å²) in [7, 11) is 2.17. The van der Waals surface area contributed by atoms with Crippen molar-refractivity contribution in [1.29, 1.82) is 0 Å². The number of rotatable bonds is 3. The fourth-order valence-corrected chi connectivity index (χ4v) is 3.13. The molecule has 1 heterocycles. The Labute approximate surface area is 105 Å². The first-order valence-electron chi connectivity index (χ1n) is 5.78. The molecule has 1 atom stereocenters. The van der Waals surface area contributed by atoms with Crippen LogP contribution >= 0.6 is 15.9 Å². The smallest absolute Gasteiger partial charge is 0.0471 e. The number of likely N-dealkylation sites (N-methyl/N-ethyl adjacent to an activating group) is 1. The molecule has 0 spiro atoms. The van der Waals surface area contributed by atoms with Crippen molar-refractivity contribution < 1.29 is 5.11 Å². The Morgan fingerprint density at radius 3 is 2.88 bits per heavy atom. The fraction of sp³-hybridized carbons (Fsp3) is 0.538. The van der Waals surface area contributed by atoms with Crippen molar-refractivity contribution in [1.82, 2.24) is 4.90 Å². The fourth-order valence-electron chi connectivity index (χ4n) is 2.38. The zero-order chi connectivity index (χ0) is 11.5. The molecule has 0 aliphatic carbocycles. The highest BCUT2D eigenvalue weighted by Gasteiger charge is 2.22. The second-order valence-electron chi connectivity index (χ2n) is 4.58. The van der Waals surface area contributed by atoms with E-state index in [1.165, 1.54) is 28.6 Å². The third-order valence-corrected chi connectivity index (χ3v) is 3.98. The van der Waals surface area contributed by atoms with Crippen LogP contribution in [0.5, 0.6) is 0 Å². The lowest BCUT2D eigenvalue weighted by Crippen LogP contribution is -2.13. The molecule has 1 aliphatic rings. The second-order valence-corrected chi connectivity index (χ2v) is 5.43. The highest BCUT2D eigenvalue weighted by Crippen LogP contribution is 2.32. The van der Waals surface area contributed by atoms with E-state index in [9.17, 15) is 0 Å². The third kappa shape index (κ3) is 2.65. The zero-order valence-electron chi connectivity index (χ0n) is 9.62. The Balaban J connectivity index is 2.16. The van der Waals surface area contributed by atoms with Gasteiger partial charge in [-0.3, -0.25) is 0 Å². The lowest BCUT2D eigenvalue weighted by Gasteiger charge is -2.13. The number of hydrogen-bond donors (Lipinski definition) is 1. The molecule has 88 valence electrons. The average Bonchev–Trinajstić information content (AvgIpc) is 2.65. The molecule has 1 aromatic carbocycles. The number of aliphatic hydroxyl groups excluding tert-OH is 1. The van der Waals surface area contributed by atoms with Crippen LogP contribution < -0.4 is 0 Å². The van der Waals surface area contributed by atoms with Gasteiger partial charge < -0.3 is 10.0 Å². The van der Waals surface area contributed by atoms with Crippen LogP contribution in [0.1, 0.15) is 23.5 Å². The first-order valence-corrected chi connectivity index (χ1v) is 6.57. The van der Waals surface area contributed by atoms with Crippen LogP contribution in [0.15, 0.2) is 22.7 Å². The molecule has 0 amide bonds. The first kappa shape index (κ1) is 12.1. The van der Waals surface area contributed by atoms with Crippen LogP contribution in [0.2, 0.25) is 0 Å². The molecule has 1 N–H and O–H groups in total. The molecule has 0 saturated carbocycles. The van der Waals surface area contributed by atoms with E-state index in [0.29, 0.717) is 5.92 Å². The molecule has 0 aromatic heterocycles. The van der Waals surface area contributed by atoms with Crippen molar-refractivity contribution in [2.75, 3.05) is 26.7 Å². The summed E-state index contributed by atoms with van der Waals surface area (Å²) in [5, 5.41) is 8.90. The van der Waals surface area contributed by atoms with Crippen LogP contribution in [0.4, 0.5) is 0 Å². The van der Waals surface area contributed by atoms with E-state index in [4.69, 9.17) is 5.11 Å². The molecule has 1 fully saturated rings. The van der Waals surface area contributed by atoms with Gasteiger partial charge in [0.2, 0.25) is 0 Å². The van der Waals surface area contributed by atoms with Gasteiger partial charge in [0, 0.05) is 17.6 Å². The van der Waals surface area contributed by atoms with Gasteiger partial charge in [0.15, 0.2) is 0 Å². The zero-order valence-corrected chi connectivity index (χ0v) is 11.2. The van der Waals surface area contributed by atoms with Gasteiger partial charge in [-0.05, 0) is 49.5 Å². The number of hydrogen-bond acceptors (Lipinski definition) is 2. The predicted octanol–water partition coefficient (Wildman–Crippen LogP) is 2.40. The molecule has 0 radical (unpaired) electrons. The Morgan fingerprint density at radius 1 is 1.50 bits per heavy atom. The van der Waals surface area contributed by atoms with Gasteiger partial charge >= 0.3 is 0 Å². The summed E-state index contributed by atoms with van der Waals surface area (Å²) >= 11 is 3.65. The van der Waals surface area contributed by atoms with Crippen LogP contribution in [-0.2, 0) is 6.42 Å². The van der Waals surface area contributed by atoms with Crippen molar-refractivity contribution >= 4 is 15.9 Å². The lowest BCUT2D eigenvalue weighted by atomic mass is 9.97. The van der Waals surface area contributed by atoms with E-state index in [1.807, 2.05) is 0 Å². The summed E-state index contributed by atoms with van der Waals surface area (Å²) in [6.07, 6.45) is 1.98. The number of likely N-dealkylation sites (tertiary alicyclic amines) is 1. The Morgan fingerprint density at radius 2 is 2.31 bits per heavy atom. The first-order chi connectivity index (χ1) is 7.70. The van der Waals surface area contributed by atoms with E-state index in [-0.39, 0.29) is 6.61 Å². The van der Waals surface area contributed by atoms with Gasteiger partial charge in [0.05, 0.1) is 0 Å². The Hall–Kier alpha value is -0.380. The molecule has 2 rings (SSSR count). The molecule has 1 aromatic rings. The van der Waals surface area contributed by atoms with Crippen molar-refractivity contribution in [3.05, 3.63) is 33.8 Å². The molecule has 1 unspecified atom stereocenters. The van der Waals surface area contributed by atoms with Crippen LogP contribution in [0.3, 0.4) is 0 Å². The molecule has 3 heteroatoms. The van der Waals surface area contributed by atoms with Crippen LogP contribution in [0, 0.1) is 0 Å². The standard InChI is InChI=1S/C13H18BrNO/c1-15-6-4-11(9-15)12-3-2-10(5-7-16)8-13(12)14/h2-3,8,11,16H,4-7,9H2,1H3. The molecule has 0 bridgehead atoms. The van der Waals surface area contributed by atoms with Crippen LogP contribution in [-0.4, -0.2) is 36.8 Å². The monoisotopic (exact) mass is 283 g/mol. The highest BCUT2D eigenvalue weighted by molar-refractivity contribution is 9.10. The summed E-state index contributed by atoms with van der Waals surface area (Å²) in [4.78, 5) is 2.37. The van der Waals surface area contributed by atoms with Gasteiger partial charge in [-0.15, -0.1) is 0 Å². The van der Waals surface area contributed by atoms with Gasteiger partial charge in [-0.2, -0.15) is 0 Å². The number of halogens is 1. The van der Waals surface area contributed by atoms with E-state index in [2.05, 4.69) is 46.1 Å². The summed E-state index contributed by atoms with van der Waals surface area (Å²) in [5.41, 5.74) is 2.61. The SMILES string of the molecule is CN1CCC(c2ccc(CCO)cc2Br)C1. The Bertz CT molecular complexity index is 367. The molecule has 1 aliphatic heterocycles. The van der Waals surface area contributed by atoms with Crippen molar-refractivity contribution in [3.63, 3.8) is 0 Å². The summed E-state index contributed by atoms with van der Waals surface area (Å²) < 4.78 is 1.19. The minimum Gasteiger partial charge on any atom is -0.396 e. The largest absolute Gasteiger partial charge is 0.396 e. The lowest BCUT2D eigenvalue weighted by molar-refractivity contribution is 0.299. The minimum absolute atomic E-state index is 0.220. The number of benzene rings is 1. The van der Waals surface area contributed by atoms with Crippen LogP contribution in [0.25, 0.3) is 0 Å². The van der Waals surface area contributed by atoms with Gasteiger partial charge in [0.25, 0.3) is 0 Å². The highest BCUT2D eigenvalue weighted by atomic mass is 79.9. The van der Waals surface area contributed by atoms with E-state index in [0.717, 1.165) is 13.0 Å². The van der Waals surface area contributed by atoms with E-state index < -0.39 is 0 Å². The summed E-state index contributed by atoms with van der Waals surface area (Å²) in [6.45, 7) is 2.56. The van der Waals surface area contributed by atoms with Gasteiger partial charge in [0.1, 0.15) is 0 Å². The predicted molar refractivity (Wildman–Crippen MR) is 69.8 cm³/mol. The summed E-state index contributed by atoms with van der Waals surface area (Å²) in [6, 6.07) is 6.48. The topological polar surface area (TPSA) is 23.5 Å². The Kier molecular flexibility index (Phi) is 4.00. The minimum atomic E-state index is 0.220. The summed E-state index contributed by atoms with van der Waals surface area (Å²) in [5.74, 6) is 0.655. The van der Waals surface area contributed by atoms with Crippen molar-refractivity contribution in [2.24, 2.45) is 0 Å². The average molecular weight is 284 g/mol.